The zero-order chi connectivity index (χ0) is 27.2. The van der Waals surface area contributed by atoms with E-state index in [-0.39, 0.29) is 0 Å². The van der Waals surface area contributed by atoms with Crippen molar-refractivity contribution in [1.29, 1.82) is 0 Å². The van der Waals surface area contributed by atoms with E-state index in [1.807, 2.05) is 12.1 Å². The number of aromatic nitrogens is 2. The van der Waals surface area contributed by atoms with Crippen molar-refractivity contribution in [3.63, 3.8) is 0 Å². The predicted octanol–water partition coefficient (Wildman–Crippen LogP) is 10.9. The molecule has 0 bridgehead atoms. The van der Waals surface area contributed by atoms with Crippen molar-refractivity contribution >= 4 is 70.9 Å². The number of anilines is 3. The number of hydrogen-bond acceptors (Lipinski definition) is 5. The van der Waals surface area contributed by atoms with E-state index in [9.17, 15) is 0 Å². The lowest BCUT2D eigenvalue weighted by Gasteiger charge is -2.27. The van der Waals surface area contributed by atoms with Crippen LogP contribution in [0.1, 0.15) is 0 Å². The van der Waals surface area contributed by atoms with Crippen molar-refractivity contribution < 1.29 is 0 Å². The van der Waals surface area contributed by atoms with Gasteiger partial charge in [0.15, 0.2) is 0 Å². The molecule has 0 N–H and O–H groups in total. The Balaban J connectivity index is 1.22. The van der Waals surface area contributed by atoms with E-state index >= 15 is 0 Å². The third-order valence-electron chi connectivity index (χ3n) is 7.34. The predicted molar refractivity (Wildman–Crippen MR) is 176 cm³/mol. The number of fused-ring (bicyclic) bond motifs is 3. The van der Waals surface area contributed by atoms with E-state index in [1.54, 1.807) is 22.7 Å². The highest BCUT2D eigenvalue weighted by Gasteiger charge is 2.17. The van der Waals surface area contributed by atoms with Gasteiger partial charge in [0, 0.05) is 27.9 Å². The van der Waals surface area contributed by atoms with Crippen LogP contribution in [0.25, 0.3) is 52.3 Å². The van der Waals surface area contributed by atoms with E-state index in [2.05, 4.69) is 132 Å². The largest absolute Gasteiger partial charge is 0.310 e. The van der Waals surface area contributed by atoms with E-state index in [4.69, 9.17) is 9.97 Å². The Morgan fingerprint density at radius 1 is 0.439 bits per heavy atom. The summed E-state index contributed by atoms with van der Waals surface area (Å²) in [5, 5.41) is 4.50. The van der Waals surface area contributed by atoms with E-state index < -0.39 is 0 Å². The molecule has 0 fully saturated rings. The minimum atomic E-state index is 1.04. The summed E-state index contributed by atoms with van der Waals surface area (Å²) in [6.07, 6.45) is 0. The Bertz CT molecular complexity index is 1970. The molecular weight excluding hydrogens is 539 g/mol. The summed E-state index contributed by atoms with van der Waals surface area (Å²) in [5.74, 6) is 0. The Hall–Kier alpha value is -4.84. The number of para-hydroxylation sites is 2. The monoisotopic (exact) mass is 561 g/mol. The third-order valence-corrected chi connectivity index (χ3v) is 9.51. The van der Waals surface area contributed by atoms with E-state index in [0.717, 1.165) is 49.2 Å². The third kappa shape index (κ3) is 4.36. The summed E-state index contributed by atoms with van der Waals surface area (Å²) in [7, 11) is 0. The first kappa shape index (κ1) is 24.0. The summed E-state index contributed by atoms with van der Waals surface area (Å²) in [5.41, 5.74) is 7.67. The van der Waals surface area contributed by atoms with Gasteiger partial charge in [0.05, 0.1) is 26.1 Å². The van der Waals surface area contributed by atoms with Crippen LogP contribution in [0.4, 0.5) is 17.1 Å². The molecule has 194 valence electrons. The molecular formula is C36H23N3S2. The van der Waals surface area contributed by atoms with Crippen LogP contribution in [0.15, 0.2) is 140 Å². The lowest BCUT2D eigenvalue weighted by molar-refractivity contribution is 1.30. The molecule has 0 aliphatic rings. The van der Waals surface area contributed by atoms with Gasteiger partial charge in [-0.2, -0.15) is 0 Å². The molecule has 0 radical (unpaired) electrons. The fraction of sp³-hybridized carbons (Fsp3) is 0. The van der Waals surface area contributed by atoms with Gasteiger partial charge >= 0.3 is 0 Å². The molecule has 0 saturated carbocycles. The molecule has 2 heterocycles. The van der Waals surface area contributed by atoms with Gasteiger partial charge in [0.25, 0.3) is 0 Å². The Morgan fingerprint density at radius 3 is 1.49 bits per heavy atom. The Morgan fingerprint density at radius 2 is 0.927 bits per heavy atom. The fourth-order valence-corrected chi connectivity index (χ4v) is 7.27. The van der Waals surface area contributed by atoms with Gasteiger partial charge in [-0.1, -0.05) is 60.7 Å². The SMILES string of the molecule is c1ccc2c(N(c3ccc(-c4nc5ccccc5s4)cc3)c3ccc(-c4nc5ccccc5s4)cc3)cccc2c1. The first-order chi connectivity index (χ1) is 20.3. The summed E-state index contributed by atoms with van der Waals surface area (Å²) in [6.45, 7) is 0. The first-order valence-corrected chi connectivity index (χ1v) is 15.1. The quantitative estimate of drug-likeness (QED) is 0.209. The van der Waals surface area contributed by atoms with Crippen LogP contribution < -0.4 is 4.90 Å². The van der Waals surface area contributed by atoms with Crippen LogP contribution in [0, 0.1) is 0 Å². The lowest BCUT2D eigenvalue weighted by atomic mass is 10.1. The molecule has 2 aromatic heterocycles. The standard InChI is InChI=1S/C36H23N3S2/c1-2-10-29-24(8-1)9-7-13-32(29)39(27-20-16-25(17-21-27)35-37-30-11-3-5-14-33(30)40-35)28-22-18-26(19-23-28)36-38-31-12-4-6-15-34(31)41-36/h1-23H. The number of thiazole rings is 2. The second kappa shape index (κ2) is 9.97. The summed E-state index contributed by atoms with van der Waals surface area (Å²) >= 11 is 3.46. The van der Waals surface area contributed by atoms with Crippen molar-refractivity contribution in [2.45, 2.75) is 0 Å². The summed E-state index contributed by atoms with van der Waals surface area (Å²) in [4.78, 5) is 12.1. The Labute approximate surface area is 245 Å². The molecule has 8 rings (SSSR count). The Kier molecular flexibility index (Phi) is 5.83. The molecule has 3 nitrogen and oxygen atoms in total. The topological polar surface area (TPSA) is 29.0 Å². The van der Waals surface area contributed by atoms with Crippen LogP contribution >= 0.6 is 22.7 Å². The zero-order valence-corrected chi connectivity index (χ0v) is 23.6. The first-order valence-electron chi connectivity index (χ1n) is 13.5. The van der Waals surface area contributed by atoms with Gasteiger partial charge in [-0.25, -0.2) is 9.97 Å². The van der Waals surface area contributed by atoms with Crippen LogP contribution in [-0.4, -0.2) is 9.97 Å². The molecule has 6 aromatic carbocycles. The van der Waals surface area contributed by atoms with Crippen molar-refractivity contribution in [3.8, 4) is 21.1 Å². The maximum absolute atomic E-state index is 4.87. The van der Waals surface area contributed by atoms with E-state index in [0.29, 0.717) is 0 Å². The number of hydrogen-bond donors (Lipinski definition) is 0. The summed E-state index contributed by atoms with van der Waals surface area (Å²) in [6, 6.07) is 49.2. The molecule has 5 heteroatoms. The average Bonchev–Trinajstić information content (AvgIpc) is 3.67. The van der Waals surface area contributed by atoms with Crippen LogP contribution in [0.3, 0.4) is 0 Å². The zero-order valence-electron chi connectivity index (χ0n) is 21.9. The van der Waals surface area contributed by atoms with Gasteiger partial charge in [0.1, 0.15) is 10.0 Å². The molecule has 41 heavy (non-hydrogen) atoms. The molecule has 0 spiro atoms. The molecule has 0 unspecified atom stereocenters. The van der Waals surface area contributed by atoms with Crippen molar-refractivity contribution in [1.82, 2.24) is 9.97 Å². The fourth-order valence-electron chi connectivity index (χ4n) is 5.33. The second-order valence-electron chi connectivity index (χ2n) is 9.90. The highest BCUT2D eigenvalue weighted by Crippen LogP contribution is 2.41. The normalized spacial score (nSPS) is 11.4. The van der Waals surface area contributed by atoms with Crippen molar-refractivity contribution in [2.75, 3.05) is 4.90 Å². The van der Waals surface area contributed by atoms with Gasteiger partial charge in [-0.05, 0) is 84.2 Å². The van der Waals surface area contributed by atoms with Gasteiger partial charge in [0.2, 0.25) is 0 Å². The van der Waals surface area contributed by atoms with Crippen molar-refractivity contribution in [3.05, 3.63) is 140 Å². The number of benzene rings is 6. The van der Waals surface area contributed by atoms with Gasteiger partial charge in [-0.3, -0.25) is 0 Å². The van der Waals surface area contributed by atoms with Crippen LogP contribution in [-0.2, 0) is 0 Å². The summed E-state index contributed by atoms with van der Waals surface area (Å²) < 4.78 is 2.41. The molecule has 0 aliphatic heterocycles. The number of nitrogens with zero attached hydrogens (tertiary/aromatic N) is 3. The molecule has 8 aromatic rings. The highest BCUT2D eigenvalue weighted by atomic mass is 32.1. The minimum Gasteiger partial charge on any atom is -0.310 e. The second-order valence-corrected chi connectivity index (χ2v) is 12.0. The number of rotatable bonds is 5. The maximum atomic E-state index is 4.87. The van der Waals surface area contributed by atoms with Gasteiger partial charge in [-0.15, -0.1) is 22.7 Å². The molecule has 0 amide bonds. The van der Waals surface area contributed by atoms with Crippen molar-refractivity contribution in [2.24, 2.45) is 0 Å². The molecule has 0 saturated heterocycles. The molecule has 0 aliphatic carbocycles. The minimum absolute atomic E-state index is 1.04. The maximum Gasteiger partial charge on any atom is 0.124 e. The smallest absolute Gasteiger partial charge is 0.124 e. The van der Waals surface area contributed by atoms with Crippen LogP contribution in [0.5, 0.6) is 0 Å². The lowest BCUT2D eigenvalue weighted by Crippen LogP contribution is -2.10. The van der Waals surface area contributed by atoms with Gasteiger partial charge < -0.3 is 4.90 Å². The molecule has 0 atom stereocenters. The van der Waals surface area contributed by atoms with Crippen LogP contribution in [0.2, 0.25) is 0 Å². The average molecular weight is 562 g/mol. The highest BCUT2D eigenvalue weighted by molar-refractivity contribution is 7.22. The van der Waals surface area contributed by atoms with E-state index in [1.165, 1.54) is 20.2 Å².